The van der Waals surface area contributed by atoms with Crippen molar-refractivity contribution in [3.05, 3.63) is 46.2 Å². The molecule has 16 heavy (non-hydrogen) atoms. The van der Waals surface area contributed by atoms with Crippen molar-refractivity contribution in [1.82, 2.24) is 5.16 Å². The number of rotatable bonds is 1. The molecule has 0 atom stereocenters. The molecule has 0 unspecified atom stereocenters. The van der Waals surface area contributed by atoms with E-state index in [-0.39, 0.29) is 5.76 Å². The van der Waals surface area contributed by atoms with Gasteiger partial charge in [-0.1, -0.05) is 12.1 Å². The van der Waals surface area contributed by atoms with Crippen molar-refractivity contribution in [2.24, 2.45) is 0 Å². The molecule has 1 N–H and O–H groups in total. The zero-order valence-corrected chi connectivity index (χ0v) is 7.84. The summed E-state index contributed by atoms with van der Waals surface area (Å²) >= 11 is 0. The topological polar surface area (TPSA) is 46.0 Å². The lowest BCUT2D eigenvalue weighted by atomic mass is 10.1. The molecule has 0 aliphatic heterocycles. The average molecular weight is 229 g/mol. The Kier molecular flexibility index (Phi) is 2.34. The Labute approximate surface area is 87.5 Å². The fraction of sp³-hybridized carbons (Fsp3) is 0.100. The van der Waals surface area contributed by atoms with Crippen molar-refractivity contribution in [1.29, 1.82) is 0 Å². The third kappa shape index (κ3) is 2.00. The van der Waals surface area contributed by atoms with Crippen LogP contribution in [-0.2, 0) is 6.18 Å². The van der Waals surface area contributed by atoms with E-state index in [2.05, 4.69) is 5.16 Å². The minimum atomic E-state index is -4.36. The number of aromatic nitrogens is 1. The first-order valence-corrected chi connectivity index (χ1v) is 4.33. The number of H-pyrrole nitrogens is 1. The smallest absolute Gasteiger partial charge is 0.378 e. The van der Waals surface area contributed by atoms with Crippen LogP contribution in [0.3, 0.4) is 0 Å². The van der Waals surface area contributed by atoms with Crippen LogP contribution in [0, 0.1) is 0 Å². The van der Waals surface area contributed by atoms with Gasteiger partial charge in [0.1, 0.15) is 0 Å². The number of alkyl halides is 3. The highest BCUT2D eigenvalue weighted by Crippen LogP contribution is 2.30. The van der Waals surface area contributed by atoms with Crippen molar-refractivity contribution < 1.29 is 17.7 Å². The van der Waals surface area contributed by atoms with E-state index >= 15 is 0 Å². The van der Waals surface area contributed by atoms with E-state index in [9.17, 15) is 18.0 Å². The molecule has 0 radical (unpaired) electrons. The van der Waals surface area contributed by atoms with E-state index in [1.807, 2.05) is 0 Å². The van der Waals surface area contributed by atoms with E-state index in [1.165, 1.54) is 18.2 Å². The van der Waals surface area contributed by atoms with Gasteiger partial charge in [-0.25, -0.2) is 0 Å². The van der Waals surface area contributed by atoms with Gasteiger partial charge in [-0.15, -0.1) is 0 Å². The second-order valence-corrected chi connectivity index (χ2v) is 3.15. The van der Waals surface area contributed by atoms with Crippen molar-refractivity contribution in [3.8, 4) is 11.3 Å². The Morgan fingerprint density at radius 1 is 1.12 bits per heavy atom. The molecule has 0 saturated carbocycles. The normalized spacial score (nSPS) is 11.7. The highest BCUT2D eigenvalue weighted by molar-refractivity contribution is 5.56. The fourth-order valence-electron chi connectivity index (χ4n) is 1.25. The summed E-state index contributed by atoms with van der Waals surface area (Å²) in [4.78, 5) is 10.8. The first kappa shape index (κ1) is 10.5. The van der Waals surface area contributed by atoms with Crippen LogP contribution in [0.25, 0.3) is 11.3 Å². The summed E-state index contributed by atoms with van der Waals surface area (Å²) in [6.45, 7) is 0. The van der Waals surface area contributed by atoms with Gasteiger partial charge in [-0.3, -0.25) is 4.79 Å². The van der Waals surface area contributed by atoms with Crippen LogP contribution < -0.4 is 5.56 Å². The summed E-state index contributed by atoms with van der Waals surface area (Å²) in [5.74, 6) is 0.207. The lowest BCUT2D eigenvalue weighted by Crippen LogP contribution is -2.03. The molecule has 0 spiro atoms. The molecule has 1 aromatic carbocycles. The van der Waals surface area contributed by atoms with Crippen LogP contribution in [0.4, 0.5) is 13.2 Å². The third-order valence-electron chi connectivity index (χ3n) is 2.02. The fourth-order valence-corrected chi connectivity index (χ4v) is 1.25. The molecule has 2 aromatic rings. The minimum Gasteiger partial charge on any atom is -0.378 e. The maximum absolute atomic E-state index is 12.2. The number of hydrogen-bond acceptors (Lipinski definition) is 2. The molecular formula is C10H6F3NO2. The Morgan fingerprint density at radius 3 is 2.19 bits per heavy atom. The van der Waals surface area contributed by atoms with Gasteiger partial charge in [-0.05, 0) is 12.1 Å². The summed E-state index contributed by atoms with van der Waals surface area (Å²) < 4.78 is 41.5. The summed E-state index contributed by atoms with van der Waals surface area (Å²) in [7, 11) is 0. The molecule has 0 aliphatic carbocycles. The van der Waals surface area contributed by atoms with Crippen molar-refractivity contribution >= 4 is 0 Å². The monoisotopic (exact) mass is 229 g/mol. The van der Waals surface area contributed by atoms with Crippen molar-refractivity contribution in [3.63, 3.8) is 0 Å². The molecule has 6 heteroatoms. The standard InChI is InChI=1S/C10H6F3NO2/c11-10(12,13)7-3-1-6(2-4-7)8-5-9(15)14-16-8/h1-5H,(H,14,15). The first-order chi connectivity index (χ1) is 7.47. The molecule has 1 aromatic heterocycles. The lowest BCUT2D eigenvalue weighted by molar-refractivity contribution is -0.137. The van der Waals surface area contributed by atoms with Gasteiger partial charge in [0.2, 0.25) is 0 Å². The third-order valence-corrected chi connectivity index (χ3v) is 2.02. The summed E-state index contributed by atoms with van der Waals surface area (Å²) in [5, 5.41) is 2.06. The zero-order chi connectivity index (χ0) is 11.8. The van der Waals surface area contributed by atoms with E-state index in [0.29, 0.717) is 5.56 Å². The molecule has 3 nitrogen and oxygen atoms in total. The number of benzene rings is 1. The Hall–Kier alpha value is -1.98. The second-order valence-electron chi connectivity index (χ2n) is 3.15. The molecule has 0 fully saturated rings. The van der Waals surface area contributed by atoms with Crippen LogP contribution in [0.1, 0.15) is 5.56 Å². The average Bonchev–Trinajstić information content (AvgIpc) is 2.64. The maximum atomic E-state index is 12.2. The van der Waals surface area contributed by atoms with Crippen molar-refractivity contribution in [2.45, 2.75) is 6.18 Å². The van der Waals surface area contributed by atoms with Gasteiger partial charge < -0.3 is 4.52 Å². The van der Waals surface area contributed by atoms with Crippen LogP contribution in [-0.4, -0.2) is 5.16 Å². The molecule has 0 bridgehead atoms. The van der Waals surface area contributed by atoms with E-state index in [0.717, 1.165) is 12.1 Å². The zero-order valence-electron chi connectivity index (χ0n) is 7.84. The highest BCUT2D eigenvalue weighted by atomic mass is 19.4. The number of halogens is 3. The largest absolute Gasteiger partial charge is 0.416 e. The van der Waals surface area contributed by atoms with Gasteiger partial charge in [0.15, 0.2) is 5.76 Å². The predicted octanol–water partition coefficient (Wildman–Crippen LogP) is 2.65. The predicted molar refractivity (Wildman–Crippen MR) is 49.8 cm³/mol. The molecule has 84 valence electrons. The first-order valence-electron chi connectivity index (χ1n) is 4.33. The molecule has 2 rings (SSSR count). The quantitative estimate of drug-likeness (QED) is 0.817. The SMILES string of the molecule is O=c1cc(-c2ccc(C(F)(F)F)cc2)o[nH]1. The van der Waals surface area contributed by atoms with Crippen molar-refractivity contribution in [2.75, 3.05) is 0 Å². The molecule has 0 aliphatic rings. The molecule has 0 saturated heterocycles. The summed E-state index contributed by atoms with van der Waals surface area (Å²) in [6, 6.07) is 5.52. The van der Waals surface area contributed by atoms with Crippen LogP contribution >= 0.6 is 0 Å². The van der Waals surface area contributed by atoms with E-state index in [4.69, 9.17) is 4.52 Å². The second kappa shape index (κ2) is 3.55. The lowest BCUT2D eigenvalue weighted by Gasteiger charge is -2.05. The van der Waals surface area contributed by atoms with Crippen LogP contribution in [0.5, 0.6) is 0 Å². The van der Waals surface area contributed by atoms with Gasteiger partial charge >= 0.3 is 6.18 Å². The van der Waals surface area contributed by atoms with E-state index in [1.54, 1.807) is 0 Å². The van der Waals surface area contributed by atoms with Crippen LogP contribution in [0.2, 0.25) is 0 Å². The molecule has 1 heterocycles. The van der Waals surface area contributed by atoms with Gasteiger partial charge in [-0.2, -0.15) is 18.3 Å². The van der Waals surface area contributed by atoms with Gasteiger partial charge in [0, 0.05) is 5.56 Å². The Balaban J connectivity index is 2.36. The highest BCUT2D eigenvalue weighted by Gasteiger charge is 2.30. The summed E-state index contributed by atoms with van der Waals surface area (Å²) in [6.07, 6.45) is -4.36. The molecular weight excluding hydrogens is 223 g/mol. The number of aromatic amines is 1. The number of hydrogen-bond donors (Lipinski definition) is 1. The maximum Gasteiger partial charge on any atom is 0.416 e. The van der Waals surface area contributed by atoms with E-state index < -0.39 is 17.3 Å². The van der Waals surface area contributed by atoms with Crippen LogP contribution in [0.15, 0.2) is 39.6 Å². The van der Waals surface area contributed by atoms with Gasteiger partial charge in [0.05, 0.1) is 11.6 Å². The number of nitrogens with one attached hydrogen (secondary N) is 1. The Morgan fingerprint density at radius 2 is 1.75 bits per heavy atom. The minimum absolute atomic E-state index is 0.207. The van der Waals surface area contributed by atoms with Gasteiger partial charge in [0.25, 0.3) is 5.56 Å². The molecule has 0 amide bonds. The Bertz CT molecular complexity index is 536. The summed E-state index contributed by atoms with van der Waals surface area (Å²) in [5.41, 5.74) is -0.768.